The molecule has 1 aliphatic heterocycles. The molecule has 5 heteroatoms. The van der Waals surface area contributed by atoms with Gasteiger partial charge in [0.25, 0.3) is 0 Å². The van der Waals surface area contributed by atoms with Gasteiger partial charge in [0.1, 0.15) is 0 Å². The predicted molar refractivity (Wildman–Crippen MR) is 47.8 cm³/mol. The highest BCUT2D eigenvalue weighted by Crippen LogP contribution is 2.21. The van der Waals surface area contributed by atoms with E-state index in [2.05, 4.69) is 4.98 Å². The Bertz CT molecular complexity index is 261. The van der Waals surface area contributed by atoms with Gasteiger partial charge in [-0.2, -0.15) is 0 Å². The molecule has 1 saturated heterocycles. The largest absolute Gasteiger partial charge is 0.378 e. The summed E-state index contributed by atoms with van der Waals surface area (Å²) in [5.74, 6) is 5.72. The molecule has 1 fully saturated rings. The molecule has 5 nitrogen and oxygen atoms in total. The Morgan fingerprint density at radius 3 is 3.00 bits per heavy atom. The molecule has 1 aromatic rings. The van der Waals surface area contributed by atoms with Gasteiger partial charge in [-0.1, -0.05) is 0 Å². The summed E-state index contributed by atoms with van der Waals surface area (Å²) in [4.78, 5) is 4.01. The monoisotopic (exact) mass is 182 g/mol. The SMILES string of the molecule is CO[C@H]1CN(N)C[C@@H]1n1ccnc1. The molecule has 13 heavy (non-hydrogen) atoms. The number of nitrogens with zero attached hydrogens (tertiary/aromatic N) is 3. The number of ether oxygens (including phenoxy) is 1. The topological polar surface area (TPSA) is 56.3 Å². The van der Waals surface area contributed by atoms with Crippen LogP contribution in [0, 0.1) is 0 Å². The van der Waals surface area contributed by atoms with Gasteiger partial charge < -0.3 is 9.30 Å². The van der Waals surface area contributed by atoms with Crippen molar-refractivity contribution in [3.63, 3.8) is 0 Å². The maximum atomic E-state index is 5.72. The third-order valence-electron chi connectivity index (χ3n) is 2.48. The van der Waals surface area contributed by atoms with E-state index in [1.165, 1.54) is 0 Å². The average molecular weight is 182 g/mol. The van der Waals surface area contributed by atoms with Crippen molar-refractivity contribution in [1.82, 2.24) is 14.6 Å². The highest BCUT2D eigenvalue weighted by Gasteiger charge is 2.32. The van der Waals surface area contributed by atoms with Crippen molar-refractivity contribution in [3.8, 4) is 0 Å². The van der Waals surface area contributed by atoms with Crippen molar-refractivity contribution in [2.24, 2.45) is 5.84 Å². The Morgan fingerprint density at radius 2 is 2.38 bits per heavy atom. The van der Waals surface area contributed by atoms with Gasteiger partial charge in [0.15, 0.2) is 0 Å². The van der Waals surface area contributed by atoms with Crippen LogP contribution in [0.25, 0.3) is 0 Å². The summed E-state index contributed by atoms with van der Waals surface area (Å²) in [6, 6.07) is 0.289. The van der Waals surface area contributed by atoms with Crippen LogP contribution in [0.3, 0.4) is 0 Å². The number of imidazole rings is 1. The number of hydrogen-bond donors (Lipinski definition) is 1. The van der Waals surface area contributed by atoms with E-state index in [1.807, 2.05) is 10.8 Å². The van der Waals surface area contributed by atoms with Gasteiger partial charge in [0, 0.05) is 32.6 Å². The van der Waals surface area contributed by atoms with Crippen molar-refractivity contribution >= 4 is 0 Å². The van der Waals surface area contributed by atoms with E-state index < -0.39 is 0 Å². The first-order valence-corrected chi connectivity index (χ1v) is 4.31. The second-order valence-electron chi connectivity index (χ2n) is 3.31. The first kappa shape index (κ1) is 8.68. The van der Waals surface area contributed by atoms with E-state index in [0.717, 1.165) is 13.1 Å². The zero-order valence-electron chi connectivity index (χ0n) is 7.63. The van der Waals surface area contributed by atoms with Crippen LogP contribution in [0.1, 0.15) is 6.04 Å². The summed E-state index contributed by atoms with van der Waals surface area (Å²) in [5.41, 5.74) is 0. The van der Waals surface area contributed by atoms with Crippen molar-refractivity contribution in [3.05, 3.63) is 18.7 Å². The third-order valence-corrected chi connectivity index (χ3v) is 2.48. The van der Waals surface area contributed by atoms with Crippen LogP contribution in [0.5, 0.6) is 0 Å². The third kappa shape index (κ3) is 1.58. The minimum atomic E-state index is 0.166. The molecule has 0 aliphatic carbocycles. The van der Waals surface area contributed by atoms with E-state index in [9.17, 15) is 0 Å². The van der Waals surface area contributed by atoms with Gasteiger partial charge in [0.05, 0.1) is 18.5 Å². The normalized spacial score (nSPS) is 29.7. The minimum Gasteiger partial charge on any atom is -0.378 e. The Labute approximate surface area is 77.1 Å². The van der Waals surface area contributed by atoms with Crippen LogP contribution in [0.4, 0.5) is 0 Å². The Balaban J connectivity index is 2.14. The van der Waals surface area contributed by atoms with Crippen molar-refractivity contribution < 1.29 is 4.74 Å². The zero-order chi connectivity index (χ0) is 9.26. The van der Waals surface area contributed by atoms with Crippen molar-refractivity contribution in [1.29, 1.82) is 0 Å². The fourth-order valence-corrected chi connectivity index (χ4v) is 1.77. The lowest BCUT2D eigenvalue weighted by Gasteiger charge is -2.17. The number of methoxy groups -OCH3 is 1. The van der Waals surface area contributed by atoms with Gasteiger partial charge in [0.2, 0.25) is 0 Å². The van der Waals surface area contributed by atoms with Gasteiger partial charge in [-0.3, -0.25) is 5.84 Å². The van der Waals surface area contributed by atoms with Crippen LogP contribution in [-0.4, -0.2) is 40.9 Å². The second kappa shape index (κ2) is 3.45. The van der Waals surface area contributed by atoms with Gasteiger partial charge in [-0.05, 0) is 0 Å². The first-order chi connectivity index (χ1) is 6.31. The number of rotatable bonds is 2. The maximum Gasteiger partial charge on any atom is 0.0949 e. The molecule has 0 saturated carbocycles. The first-order valence-electron chi connectivity index (χ1n) is 4.31. The fraction of sp³-hybridized carbons (Fsp3) is 0.625. The van der Waals surface area contributed by atoms with Gasteiger partial charge in [-0.25, -0.2) is 9.99 Å². The van der Waals surface area contributed by atoms with Crippen LogP contribution in [0.15, 0.2) is 18.7 Å². The minimum absolute atomic E-state index is 0.166. The molecule has 0 spiro atoms. The average Bonchev–Trinajstić information content (AvgIpc) is 2.71. The maximum absolute atomic E-state index is 5.72. The van der Waals surface area contributed by atoms with Crippen LogP contribution >= 0.6 is 0 Å². The molecule has 2 atom stereocenters. The summed E-state index contributed by atoms with van der Waals surface area (Å²) in [5, 5.41) is 1.78. The molecule has 0 radical (unpaired) electrons. The summed E-state index contributed by atoms with van der Waals surface area (Å²) in [7, 11) is 1.72. The van der Waals surface area contributed by atoms with Crippen LogP contribution in [0.2, 0.25) is 0 Å². The summed E-state index contributed by atoms with van der Waals surface area (Å²) in [6.45, 7) is 1.59. The van der Waals surface area contributed by atoms with E-state index in [-0.39, 0.29) is 12.1 Å². The van der Waals surface area contributed by atoms with Gasteiger partial charge in [-0.15, -0.1) is 0 Å². The van der Waals surface area contributed by atoms with E-state index >= 15 is 0 Å². The van der Waals surface area contributed by atoms with Crippen LogP contribution in [-0.2, 0) is 4.74 Å². The predicted octanol–water partition coefficient (Wildman–Crippen LogP) is -0.371. The summed E-state index contributed by atoms with van der Waals surface area (Å²) < 4.78 is 7.39. The lowest BCUT2D eigenvalue weighted by atomic mass is 10.2. The van der Waals surface area contributed by atoms with Crippen LogP contribution < -0.4 is 5.84 Å². The Kier molecular flexibility index (Phi) is 2.30. The highest BCUT2D eigenvalue weighted by atomic mass is 16.5. The molecule has 72 valence electrons. The highest BCUT2D eigenvalue weighted by molar-refractivity contribution is 4.91. The van der Waals surface area contributed by atoms with Crippen molar-refractivity contribution in [2.75, 3.05) is 20.2 Å². The Morgan fingerprint density at radius 1 is 1.54 bits per heavy atom. The standard InChI is InChI=1S/C8H14N4O/c1-13-8-5-12(9)4-7(8)11-3-2-10-6-11/h2-3,6-8H,4-5,9H2,1H3/t7-,8-/m0/s1. The molecule has 0 amide bonds. The molecule has 1 aromatic heterocycles. The second-order valence-corrected chi connectivity index (χ2v) is 3.31. The number of hydrogen-bond acceptors (Lipinski definition) is 4. The fourth-order valence-electron chi connectivity index (χ4n) is 1.77. The lowest BCUT2D eigenvalue weighted by molar-refractivity contribution is 0.0816. The van der Waals surface area contributed by atoms with E-state index in [4.69, 9.17) is 10.6 Å². The number of aromatic nitrogens is 2. The molecule has 2 heterocycles. The number of hydrazine groups is 1. The van der Waals surface area contributed by atoms with Crippen molar-refractivity contribution in [2.45, 2.75) is 12.1 Å². The van der Waals surface area contributed by atoms with E-state index in [1.54, 1.807) is 24.6 Å². The quantitative estimate of drug-likeness (QED) is 0.634. The van der Waals surface area contributed by atoms with Gasteiger partial charge >= 0.3 is 0 Å². The molecule has 0 aromatic carbocycles. The summed E-state index contributed by atoms with van der Waals surface area (Å²) >= 11 is 0. The molecular weight excluding hydrogens is 168 g/mol. The molecule has 2 N–H and O–H groups in total. The molecule has 0 unspecified atom stereocenters. The molecule has 2 rings (SSSR count). The molecule has 1 aliphatic rings. The zero-order valence-corrected chi connectivity index (χ0v) is 7.63. The summed E-state index contributed by atoms with van der Waals surface area (Å²) in [6.07, 6.45) is 5.68. The van der Waals surface area contributed by atoms with E-state index in [0.29, 0.717) is 0 Å². The molecular formula is C8H14N4O. The smallest absolute Gasteiger partial charge is 0.0949 e. The Hall–Kier alpha value is -0.910. The number of nitrogens with two attached hydrogens (primary N) is 1. The lowest BCUT2D eigenvalue weighted by Crippen LogP contribution is -2.29. The molecule has 0 bridgehead atoms.